The Morgan fingerprint density at radius 1 is 1.44 bits per heavy atom. The molecule has 1 saturated heterocycles. The maximum Gasteiger partial charge on any atom is 0.0552 e. The van der Waals surface area contributed by atoms with E-state index in [0.717, 1.165) is 32.6 Å². The fourth-order valence-corrected chi connectivity index (χ4v) is 2.23. The van der Waals surface area contributed by atoms with Crippen LogP contribution in [0, 0.1) is 5.92 Å². The van der Waals surface area contributed by atoms with Gasteiger partial charge in [0.2, 0.25) is 0 Å². The molecular weight excluding hydrogens is 200 g/mol. The molecule has 0 aromatic heterocycles. The third kappa shape index (κ3) is 5.28. The summed E-state index contributed by atoms with van der Waals surface area (Å²) >= 11 is 0. The van der Waals surface area contributed by atoms with Gasteiger partial charge in [-0.05, 0) is 66.1 Å². The van der Waals surface area contributed by atoms with E-state index < -0.39 is 0 Å². The molecule has 0 aromatic rings. The van der Waals surface area contributed by atoms with Crippen molar-refractivity contribution in [3.05, 3.63) is 0 Å². The molecule has 0 amide bonds. The van der Waals surface area contributed by atoms with E-state index in [9.17, 15) is 5.11 Å². The molecule has 96 valence electrons. The Bertz CT molecular complexity index is 199. The van der Waals surface area contributed by atoms with E-state index in [1.807, 2.05) is 6.92 Å². The Labute approximate surface area is 100 Å². The second-order valence-electron chi connectivity index (χ2n) is 6.12. The van der Waals surface area contributed by atoms with Crippen LogP contribution in [0.25, 0.3) is 0 Å². The molecule has 1 aliphatic rings. The largest absolute Gasteiger partial charge is 0.393 e. The summed E-state index contributed by atoms with van der Waals surface area (Å²) < 4.78 is 0. The van der Waals surface area contributed by atoms with Crippen LogP contribution in [0.3, 0.4) is 0 Å². The van der Waals surface area contributed by atoms with E-state index in [2.05, 4.69) is 31.0 Å². The fourth-order valence-electron chi connectivity index (χ4n) is 2.23. The molecule has 1 fully saturated rings. The number of hydrogen-bond donors (Lipinski definition) is 2. The van der Waals surface area contributed by atoms with Crippen molar-refractivity contribution in [2.24, 2.45) is 5.92 Å². The maximum atomic E-state index is 9.51. The summed E-state index contributed by atoms with van der Waals surface area (Å²) in [6, 6.07) is 0. The van der Waals surface area contributed by atoms with E-state index in [1.54, 1.807) is 0 Å². The summed E-state index contributed by atoms with van der Waals surface area (Å²) in [6.07, 6.45) is 2.21. The lowest BCUT2D eigenvalue weighted by Crippen LogP contribution is -2.37. The minimum atomic E-state index is -0.141. The van der Waals surface area contributed by atoms with Crippen molar-refractivity contribution >= 4 is 0 Å². The van der Waals surface area contributed by atoms with Gasteiger partial charge in [-0.2, -0.15) is 0 Å². The number of nitrogens with zero attached hydrogens (tertiary/aromatic N) is 1. The average molecular weight is 228 g/mol. The fraction of sp³-hybridized carbons (Fsp3) is 1.00. The summed E-state index contributed by atoms with van der Waals surface area (Å²) in [5.41, 5.74) is 0.229. The molecule has 0 saturated carbocycles. The van der Waals surface area contributed by atoms with Gasteiger partial charge in [0, 0.05) is 12.1 Å². The van der Waals surface area contributed by atoms with E-state index >= 15 is 0 Å². The molecule has 1 rings (SSSR count). The highest BCUT2D eigenvalue weighted by Crippen LogP contribution is 2.19. The molecule has 2 N–H and O–H groups in total. The van der Waals surface area contributed by atoms with E-state index in [-0.39, 0.29) is 11.6 Å². The van der Waals surface area contributed by atoms with Crippen LogP contribution in [0.5, 0.6) is 0 Å². The number of aliphatic hydroxyl groups excluding tert-OH is 1. The van der Waals surface area contributed by atoms with Gasteiger partial charge in [-0.1, -0.05) is 0 Å². The van der Waals surface area contributed by atoms with Crippen molar-refractivity contribution in [1.29, 1.82) is 0 Å². The number of likely N-dealkylation sites (tertiary alicyclic amines) is 1. The van der Waals surface area contributed by atoms with Crippen molar-refractivity contribution in [2.45, 2.75) is 52.2 Å². The number of hydrogen-bond acceptors (Lipinski definition) is 3. The Balaban J connectivity index is 2.07. The smallest absolute Gasteiger partial charge is 0.0552 e. The maximum absolute atomic E-state index is 9.51. The molecular formula is C13H28N2O. The van der Waals surface area contributed by atoms with Gasteiger partial charge in [-0.25, -0.2) is 0 Å². The van der Waals surface area contributed by atoms with Crippen LogP contribution in [0.2, 0.25) is 0 Å². The van der Waals surface area contributed by atoms with Crippen LogP contribution >= 0.6 is 0 Å². The van der Waals surface area contributed by atoms with Gasteiger partial charge >= 0.3 is 0 Å². The summed E-state index contributed by atoms with van der Waals surface area (Å²) in [4.78, 5) is 2.47. The number of nitrogens with one attached hydrogen (secondary N) is 1. The van der Waals surface area contributed by atoms with Crippen LogP contribution in [0.4, 0.5) is 0 Å². The first-order chi connectivity index (χ1) is 7.38. The predicted octanol–water partition coefficient (Wildman–Crippen LogP) is 1.47. The first-order valence-corrected chi connectivity index (χ1v) is 6.54. The standard InChI is InChI=1S/C13H28N2O/c1-11(16)12-6-9-15(10-12)8-5-7-14-13(2,3)4/h11-12,14,16H,5-10H2,1-4H3. The first kappa shape index (κ1) is 13.9. The SMILES string of the molecule is CC(O)C1CCN(CCCNC(C)(C)C)C1. The number of rotatable bonds is 5. The summed E-state index contributed by atoms with van der Waals surface area (Å²) in [6.45, 7) is 13.0. The van der Waals surface area contributed by atoms with Gasteiger partial charge in [0.15, 0.2) is 0 Å². The minimum absolute atomic E-state index is 0.141. The van der Waals surface area contributed by atoms with Crippen LogP contribution in [-0.4, -0.2) is 47.8 Å². The Morgan fingerprint density at radius 2 is 2.12 bits per heavy atom. The zero-order valence-electron chi connectivity index (χ0n) is 11.3. The third-order valence-electron chi connectivity index (χ3n) is 3.30. The summed E-state index contributed by atoms with van der Waals surface area (Å²) in [5.74, 6) is 0.496. The van der Waals surface area contributed by atoms with Crippen molar-refractivity contribution in [3.63, 3.8) is 0 Å². The van der Waals surface area contributed by atoms with Gasteiger partial charge < -0.3 is 15.3 Å². The van der Waals surface area contributed by atoms with Gasteiger partial charge in [-0.15, -0.1) is 0 Å². The second kappa shape index (κ2) is 5.99. The molecule has 0 aromatic carbocycles. The predicted molar refractivity (Wildman–Crippen MR) is 68.6 cm³/mol. The highest BCUT2D eigenvalue weighted by Gasteiger charge is 2.25. The molecule has 1 aliphatic heterocycles. The average Bonchev–Trinajstić information content (AvgIpc) is 2.59. The quantitative estimate of drug-likeness (QED) is 0.700. The molecule has 1 heterocycles. The van der Waals surface area contributed by atoms with Gasteiger partial charge in [0.25, 0.3) is 0 Å². The normalized spacial score (nSPS) is 24.9. The van der Waals surface area contributed by atoms with Gasteiger partial charge in [0.05, 0.1) is 6.10 Å². The molecule has 3 heteroatoms. The van der Waals surface area contributed by atoms with Crippen molar-refractivity contribution in [3.8, 4) is 0 Å². The second-order valence-corrected chi connectivity index (χ2v) is 6.12. The first-order valence-electron chi connectivity index (χ1n) is 6.54. The monoisotopic (exact) mass is 228 g/mol. The number of aliphatic hydroxyl groups is 1. The van der Waals surface area contributed by atoms with E-state index in [1.165, 1.54) is 6.42 Å². The Kier molecular flexibility index (Phi) is 5.22. The van der Waals surface area contributed by atoms with Gasteiger partial charge in [0.1, 0.15) is 0 Å². The van der Waals surface area contributed by atoms with E-state index in [4.69, 9.17) is 0 Å². The molecule has 0 spiro atoms. The summed E-state index contributed by atoms with van der Waals surface area (Å²) in [7, 11) is 0. The molecule has 16 heavy (non-hydrogen) atoms. The Morgan fingerprint density at radius 3 is 2.62 bits per heavy atom. The third-order valence-corrected chi connectivity index (χ3v) is 3.30. The van der Waals surface area contributed by atoms with Crippen molar-refractivity contribution in [2.75, 3.05) is 26.2 Å². The van der Waals surface area contributed by atoms with E-state index in [0.29, 0.717) is 5.92 Å². The van der Waals surface area contributed by atoms with Crippen molar-refractivity contribution in [1.82, 2.24) is 10.2 Å². The van der Waals surface area contributed by atoms with Gasteiger partial charge in [-0.3, -0.25) is 0 Å². The molecule has 0 bridgehead atoms. The van der Waals surface area contributed by atoms with Crippen LogP contribution in [0.15, 0.2) is 0 Å². The molecule has 0 radical (unpaired) electrons. The van der Waals surface area contributed by atoms with Crippen LogP contribution < -0.4 is 5.32 Å². The topological polar surface area (TPSA) is 35.5 Å². The molecule has 2 unspecified atom stereocenters. The summed E-state index contributed by atoms with van der Waals surface area (Å²) in [5, 5.41) is 13.0. The lowest BCUT2D eigenvalue weighted by molar-refractivity contribution is 0.127. The lowest BCUT2D eigenvalue weighted by atomic mass is 10.0. The zero-order valence-corrected chi connectivity index (χ0v) is 11.3. The zero-order chi connectivity index (χ0) is 12.2. The molecule has 0 aliphatic carbocycles. The Hall–Kier alpha value is -0.120. The minimum Gasteiger partial charge on any atom is -0.393 e. The lowest BCUT2D eigenvalue weighted by Gasteiger charge is -2.22. The van der Waals surface area contributed by atoms with Crippen molar-refractivity contribution < 1.29 is 5.11 Å². The van der Waals surface area contributed by atoms with Crippen LogP contribution in [-0.2, 0) is 0 Å². The molecule has 2 atom stereocenters. The highest BCUT2D eigenvalue weighted by atomic mass is 16.3. The molecule has 3 nitrogen and oxygen atoms in total. The highest BCUT2D eigenvalue weighted by molar-refractivity contribution is 4.79. The van der Waals surface area contributed by atoms with Crippen LogP contribution in [0.1, 0.15) is 40.5 Å².